The maximum atomic E-state index is 11.0. The average Bonchev–Trinajstić information content (AvgIpc) is 2.28. The van der Waals surface area contributed by atoms with Crippen LogP contribution in [0.15, 0.2) is 18.2 Å². The molecule has 0 atom stereocenters. The summed E-state index contributed by atoms with van der Waals surface area (Å²) >= 11 is 0. The van der Waals surface area contributed by atoms with Gasteiger partial charge in [0.25, 0.3) is 0 Å². The lowest BCUT2D eigenvalue weighted by Crippen LogP contribution is -2.02. The number of carbonyl (C=O) groups is 1. The first-order chi connectivity index (χ1) is 8.15. The molecule has 0 aromatic heterocycles. The molecule has 3 nitrogen and oxygen atoms in total. The van der Waals surface area contributed by atoms with Gasteiger partial charge in [-0.2, -0.15) is 0 Å². The summed E-state index contributed by atoms with van der Waals surface area (Å²) in [6.45, 7) is 2.16. The second kappa shape index (κ2) is 6.94. The van der Waals surface area contributed by atoms with E-state index in [1.165, 1.54) is 31.4 Å². The highest BCUT2D eigenvalue weighted by Gasteiger charge is 2.10. The number of unbranched alkanes of at least 4 members (excludes halogenated alkanes) is 4. The fourth-order valence-electron chi connectivity index (χ4n) is 1.91. The number of phenolic OH excluding ortho intramolecular Hbond substituents is 1. The minimum Gasteiger partial charge on any atom is -0.508 e. The molecule has 0 spiro atoms. The fourth-order valence-corrected chi connectivity index (χ4v) is 1.91. The molecule has 0 fully saturated rings. The molecule has 0 aliphatic heterocycles. The number of aromatic carboxylic acids is 1. The molecule has 0 bridgehead atoms. The zero-order chi connectivity index (χ0) is 12.7. The lowest BCUT2D eigenvalue weighted by atomic mass is 10.0. The zero-order valence-electron chi connectivity index (χ0n) is 10.3. The summed E-state index contributed by atoms with van der Waals surface area (Å²) in [6, 6.07) is 4.45. The summed E-state index contributed by atoms with van der Waals surface area (Å²) in [5.74, 6) is -0.785. The molecule has 0 heterocycles. The Kier molecular flexibility index (Phi) is 5.53. The maximum Gasteiger partial charge on any atom is 0.335 e. The Balaban J connectivity index is 2.56. The number of phenols is 1. The molecule has 0 amide bonds. The summed E-state index contributed by atoms with van der Waals surface area (Å²) in [7, 11) is 0. The predicted molar refractivity (Wildman–Crippen MR) is 67.5 cm³/mol. The van der Waals surface area contributed by atoms with Crippen LogP contribution in [-0.2, 0) is 6.42 Å². The van der Waals surface area contributed by atoms with E-state index in [-0.39, 0.29) is 5.75 Å². The van der Waals surface area contributed by atoms with E-state index in [9.17, 15) is 9.90 Å². The minimum absolute atomic E-state index is 0.138. The Morgan fingerprint density at radius 1 is 1.18 bits per heavy atom. The third kappa shape index (κ3) is 4.47. The Bertz CT molecular complexity index is 372. The molecule has 0 saturated carbocycles. The number of aryl methyl sites for hydroxylation is 1. The van der Waals surface area contributed by atoms with Crippen molar-refractivity contribution in [1.29, 1.82) is 0 Å². The van der Waals surface area contributed by atoms with Crippen molar-refractivity contribution >= 4 is 5.97 Å². The van der Waals surface area contributed by atoms with Crippen LogP contribution in [0.3, 0.4) is 0 Å². The molecule has 0 aliphatic carbocycles. The van der Waals surface area contributed by atoms with Gasteiger partial charge in [0.1, 0.15) is 5.75 Å². The molecule has 0 aliphatic rings. The maximum absolute atomic E-state index is 11.0. The molecule has 0 radical (unpaired) electrons. The minimum atomic E-state index is -0.923. The van der Waals surface area contributed by atoms with Gasteiger partial charge in [0, 0.05) is 0 Å². The Labute approximate surface area is 102 Å². The topological polar surface area (TPSA) is 57.5 Å². The molecule has 94 valence electrons. The monoisotopic (exact) mass is 236 g/mol. The van der Waals surface area contributed by atoms with Gasteiger partial charge in [-0.3, -0.25) is 0 Å². The van der Waals surface area contributed by atoms with E-state index in [4.69, 9.17) is 5.11 Å². The van der Waals surface area contributed by atoms with Gasteiger partial charge in [0.15, 0.2) is 0 Å². The molecule has 1 rings (SSSR count). The van der Waals surface area contributed by atoms with E-state index in [1.807, 2.05) is 0 Å². The SMILES string of the molecule is CCCCCCCc1cc(O)ccc1C(=O)O. The van der Waals surface area contributed by atoms with Crippen molar-refractivity contribution in [2.24, 2.45) is 0 Å². The van der Waals surface area contributed by atoms with Gasteiger partial charge < -0.3 is 10.2 Å². The van der Waals surface area contributed by atoms with Gasteiger partial charge in [0.2, 0.25) is 0 Å². The van der Waals surface area contributed by atoms with Crippen molar-refractivity contribution in [3.8, 4) is 5.75 Å². The quantitative estimate of drug-likeness (QED) is 0.711. The fraction of sp³-hybridized carbons (Fsp3) is 0.500. The van der Waals surface area contributed by atoms with E-state index < -0.39 is 5.97 Å². The van der Waals surface area contributed by atoms with Crippen molar-refractivity contribution in [3.05, 3.63) is 29.3 Å². The molecular weight excluding hydrogens is 216 g/mol. The van der Waals surface area contributed by atoms with E-state index in [2.05, 4.69) is 6.92 Å². The normalized spacial score (nSPS) is 10.4. The van der Waals surface area contributed by atoms with Crippen LogP contribution in [-0.4, -0.2) is 16.2 Å². The summed E-state index contributed by atoms with van der Waals surface area (Å²) in [6.07, 6.45) is 6.43. The second-order valence-corrected chi connectivity index (χ2v) is 4.31. The lowest BCUT2D eigenvalue weighted by Gasteiger charge is -2.06. The first kappa shape index (κ1) is 13.6. The van der Waals surface area contributed by atoms with Gasteiger partial charge in [-0.05, 0) is 36.6 Å². The number of rotatable bonds is 7. The van der Waals surface area contributed by atoms with E-state index in [1.54, 1.807) is 6.07 Å². The van der Waals surface area contributed by atoms with Crippen molar-refractivity contribution in [1.82, 2.24) is 0 Å². The third-order valence-electron chi connectivity index (χ3n) is 2.87. The number of hydrogen-bond donors (Lipinski definition) is 2. The smallest absolute Gasteiger partial charge is 0.335 e. The molecule has 0 unspecified atom stereocenters. The molecular formula is C14H20O3. The molecule has 2 N–H and O–H groups in total. The largest absolute Gasteiger partial charge is 0.508 e. The average molecular weight is 236 g/mol. The van der Waals surface area contributed by atoms with Gasteiger partial charge >= 0.3 is 5.97 Å². The summed E-state index contributed by atoms with van der Waals surface area (Å²) in [5, 5.41) is 18.4. The van der Waals surface area contributed by atoms with Crippen LogP contribution >= 0.6 is 0 Å². The van der Waals surface area contributed by atoms with E-state index >= 15 is 0 Å². The Morgan fingerprint density at radius 2 is 1.88 bits per heavy atom. The number of carboxylic acid groups (broad SMARTS) is 1. The second-order valence-electron chi connectivity index (χ2n) is 4.31. The highest BCUT2D eigenvalue weighted by molar-refractivity contribution is 5.89. The van der Waals surface area contributed by atoms with Crippen LogP contribution in [0.2, 0.25) is 0 Å². The molecule has 17 heavy (non-hydrogen) atoms. The number of hydrogen-bond acceptors (Lipinski definition) is 2. The lowest BCUT2D eigenvalue weighted by molar-refractivity contribution is 0.0695. The first-order valence-electron chi connectivity index (χ1n) is 6.20. The predicted octanol–water partition coefficient (Wildman–Crippen LogP) is 3.60. The molecule has 3 heteroatoms. The van der Waals surface area contributed by atoms with Crippen molar-refractivity contribution in [2.75, 3.05) is 0 Å². The standard InChI is InChI=1S/C14H20O3/c1-2-3-4-5-6-7-11-10-12(15)8-9-13(11)14(16)17/h8-10,15H,2-7H2,1H3,(H,16,17). The van der Waals surface area contributed by atoms with Crippen LogP contribution in [0.5, 0.6) is 5.75 Å². The third-order valence-corrected chi connectivity index (χ3v) is 2.87. The van der Waals surface area contributed by atoms with Gasteiger partial charge in [-0.1, -0.05) is 32.6 Å². The number of carboxylic acids is 1. The molecule has 1 aromatic rings. The number of aromatic hydroxyl groups is 1. The van der Waals surface area contributed by atoms with Crippen molar-refractivity contribution in [3.63, 3.8) is 0 Å². The van der Waals surface area contributed by atoms with Crippen LogP contribution in [0.1, 0.15) is 54.9 Å². The van der Waals surface area contributed by atoms with E-state index in [0.29, 0.717) is 5.56 Å². The van der Waals surface area contributed by atoms with Crippen LogP contribution < -0.4 is 0 Å². The van der Waals surface area contributed by atoms with Crippen LogP contribution in [0.25, 0.3) is 0 Å². The van der Waals surface area contributed by atoms with Gasteiger partial charge in [0.05, 0.1) is 5.56 Å². The number of benzene rings is 1. The van der Waals surface area contributed by atoms with Crippen LogP contribution in [0.4, 0.5) is 0 Å². The van der Waals surface area contributed by atoms with Crippen molar-refractivity contribution < 1.29 is 15.0 Å². The summed E-state index contributed by atoms with van der Waals surface area (Å²) in [5.41, 5.74) is 1.03. The molecule has 1 aromatic carbocycles. The first-order valence-corrected chi connectivity index (χ1v) is 6.20. The summed E-state index contributed by atoms with van der Waals surface area (Å²) in [4.78, 5) is 11.0. The Morgan fingerprint density at radius 3 is 2.53 bits per heavy atom. The highest BCUT2D eigenvalue weighted by atomic mass is 16.4. The van der Waals surface area contributed by atoms with Gasteiger partial charge in [-0.25, -0.2) is 4.79 Å². The summed E-state index contributed by atoms with van der Waals surface area (Å²) < 4.78 is 0. The molecule has 0 saturated heterocycles. The zero-order valence-corrected chi connectivity index (χ0v) is 10.3. The highest BCUT2D eigenvalue weighted by Crippen LogP contribution is 2.19. The van der Waals surface area contributed by atoms with E-state index in [0.717, 1.165) is 24.8 Å². The van der Waals surface area contributed by atoms with Crippen LogP contribution in [0, 0.1) is 0 Å². The Hall–Kier alpha value is -1.51. The van der Waals surface area contributed by atoms with Crippen molar-refractivity contribution in [2.45, 2.75) is 45.4 Å². The van der Waals surface area contributed by atoms with Gasteiger partial charge in [-0.15, -0.1) is 0 Å².